The number of allylic oxidation sites excluding steroid dienone is 2. The summed E-state index contributed by atoms with van der Waals surface area (Å²) in [5, 5.41) is 6.07. The summed E-state index contributed by atoms with van der Waals surface area (Å²) in [7, 11) is 0. The normalized spacial score (nSPS) is 15.2. The van der Waals surface area contributed by atoms with Crippen LogP contribution in [0.5, 0.6) is 0 Å². The standard InChI is InChI=1S/C21H23N5O2/c22-14-17(16-5-7-23-8-6-16)13-18(15-27)21(28)25-19-1-3-20(4-2-19)26-11-9-24-10-12-26/h1-8,13-15,24H,9-12,22H2,(H,25,28)/b17-14+,18-13+. The van der Waals surface area contributed by atoms with E-state index in [1.165, 1.54) is 12.3 Å². The first-order chi connectivity index (χ1) is 13.7. The lowest BCUT2D eigenvalue weighted by Gasteiger charge is -2.29. The summed E-state index contributed by atoms with van der Waals surface area (Å²) in [6, 6.07) is 11.1. The van der Waals surface area contributed by atoms with Crippen LogP contribution in [-0.2, 0) is 9.59 Å². The van der Waals surface area contributed by atoms with Gasteiger partial charge in [-0.05, 0) is 53.6 Å². The first kappa shape index (κ1) is 19.3. The number of piperazine rings is 1. The molecule has 28 heavy (non-hydrogen) atoms. The lowest BCUT2D eigenvalue weighted by molar-refractivity contribution is -0.115. The minimum Gasteiger partial charge on any atom is -0.404 e. The summed E-state index contributed by atoms with van der Waals surface area (Å²) in [5.41, 5.74) is 8.71. The molecule has 1 aliphatic rings. The van der Waals surface area contributed by atoms with Crippen LogP contribution in [0.25, 0.3) is 5.57 Å². The quantitative estimate of drug-likeness (QED) is 0.232. The summed E-state index contributed by atoms with van der Waals surface area (Å²) in [5.74, 6) is -0.488. The molecular weight excluding hydrogens is 354 g/mol. The van der Waals surface area contributed by atoms with Gasteiger partial charge in [0.15, 0.2) is 6.29 Å². The van der Waals surface area contributed by atoms with E-state index in [1.54, 1.807) is 24.5 Å². The van der Waals surface area contributed by atoms with E-state index in [2.05, 4.69) is 20.5 Å². The van der Waals surface area contributed by atoms with Crippen LogP contribution in [0.1, 0.15) is 5.56 Å². The molecule has 1 saturated heterocycles. The molecule has 7 nitrogen and oxygen atoms in total. The molecule has 0 spiro atoms. The number of nitrogens with two attached hydrogens (primary N) is 1. The molecule has 1 fully saturated rings. The van der Waals surface area contributed by atoms with Crippen LogP contribution in [0, 0.1) is 0 Å². The highest BCUT2D eigenvalue weighted by Crippen LogP contribution is 2.20. The highest BCUT2D eigenvalue weighted by Gasteiger charge is 2.13. The van der Waals surface area contributed by atoms with E-state index in [1.807, 2.05) is 24.3 Å². The molecule has 4 N–H and O–H groups in total. The number of hydrogen-bond acceptors (Lipinski definition) is 6. The first-order valence-electron chi connectivity index (χ1n) is 9.07. The maximum absolute atomic E-state index is 12.5. The summed E-state index contributed by atoms with van der Waals surface area (Å²) in [6.07, 6.45) is 6.58. The number of carbonyl (C=O) groups is 2. The number of rotatable bonds is 6. The van der Waals surface area contributed by atoms with Crippen LogP contribution in [0.4, 0.5) is 11.4 Å². The fourth-order valence-corrected chi connectivity index (χ4v) is 2.97. The van der Waals surface area contributed by atoms with Crippen molar-refractivity contribution in [1.82, 2.24) is 10.3 Å². The Bertz CT molecular complexity index is 869. The fraction of sp³-hybridized carbons (Fsp3) is 0.190. The summed E-state index contributed by atoms with van der Waals surface area (Å²) in [6.45, 7) is 3.82. The number of amides is 1. The second kappa shape index (κ2) is 9.48. The zero-order valence-electron chi connectivity index (χ0n) is 15.5. The van der Waals surface area contributed by atoms with Gasteiger partial charge in [-0.2, -0.15) is 0 Å². The second-order valence-corrected chi connectivity index (χ2v) is 6.31. The predicted molar refractivity (Wildman–Crippen MR) is 111 cm³/mol. The van der Waals surface area contributed by atoms with Gasteiger partial charge in [0, 0.05) is 56.1 Å². The number of anilines is 2. The van der Waals surface area contributed by atoms with E-state index in [0.717, 1.165) is 37.4 Å². The zero-order valence-corrected chi connectivity index (χ0v) is 15.5. The Morgan fingerprint density at radius 1 is 1.11 bits per heavy atom. The zero-order chi connectivity index (χ0) is 19.8. The molecule has 0 unspecified atom stereocenters. The topological polar surface area (TPSA) is 100 Å². The van der Waals surface area contributed by atoms with Crippen LogP contribution in [-0.4, -0.2) is 43.4 Å². The van der Waals surface area contributed by atoms with Gasteiger partial charge < -0.3 is 21.3 Å². The third-order valence-corrected chi connectivity index (χ3v) is 4.50. The third kappa shape index (κ3) is 4.83. The Hall–Kier alpha value is -3.45. The van der Waals surface area contributed by atoms with Gasteiger partial charge >= 0.3 is 0 Å². The van der Waals surface area contributed by atoms with Crippen LogP contribution in [0.2, 0.25) is 0 Å². The van der Waals surface area contributed by atoms with Gasteiger partial charge in [0.25, 0.3) is 5.91 Å². The molecule has 1 aromatic carbocycles. The van der Waals surface area contributed by atoms with Gasteiger partial charge in [-0.15, -0.1) is 0 Å². The number of aromatic nitrogens is 1. The number of hydrogen-bond donors (Lipinski definition) is 3. The molecule has 3 rings (SSSR count). The fourth-order valence-electron chi connectivity index (χ4n) is 2.97. The van der Waals surface area contributed by atoms with E-state index in [9.17, 15) is 9.59 Å². The average molecular weight is 377 g/mol. The van der Waals surface area contributed by atoms with Gasteiger partial charge in [-0.25, -0.2) is 0 Å². The molecule has 1 amide bonds. The smallest absolute Gasteiger partial charge is 0.258 e. The van der Waals surface area contributed by atoms with E-state index in [4.69, 9.17) is 5.73 Å². The lowest BCUT2D eigenvalue weighted by Crippen LogP contribution is -2.43. The molecule has 7 heteroatoms. The number of carbonyl (C=O) groups excluding carboxylic acids is 2. The maximum atomic E-state index is 12.5. The summed E-state index contributed by atoms with van der Waals surface area (Å²) >= 11 is 0. The maximum Gasteiger partial charge on any atom is 0.258 e. The van der Waals surface area contributed by atoms with Crippen molar-refractivity contribution in [1.29, 1.82) is 0 Å². The Balaban J connectivity index is 1.70. The van der Waals surface area contributed by atoms with E-state index in [0.29, 0.717) is 17.5 Å². The third-order valence-electron chi connectivity index (χ3n) is 4.50. The summed E-state index contributed by atoms with van der Waals surface area (Å²) < 4.78 is 0. The predicted octanol–water partition coefficient (Wildman–Crippen LogP) is 1.55. The second-order valence-electron chi connectivity index (χ2n) is 6.31. The molecule has 2 aromatic rings. The van der Waals surface area contributed by atoms with Crippen LogP contribution >= 0.6 is 0 Å². The van der Waals surface area contributed by atoms with Crippen molar-refractivity contribution < 1.29 is 9.59 Å². The van der Waals surface area contributed by atoms with Crippen molar-refractivity contribution >= 4 is 29.1 Å². The minimum atomic E-state index is -0.488. The van der Waals surface area contributed by atoms with Gasteiger partial charge in [-0.3, -0.25) is 14.6 Å². The van der Waals surface area contributed by atoms with Crippen molar-refractivity contribution in [2.45, 2.75) is 0 Å². The molecule has 0 bridgehead atoms. The number of nitrogens with zero attached hydrogens (tertiary/aromatic N) is 2. The van der Waals surface area contributed by atoms with Gasteiger partial charge in [-0.1, -0.05) is 0 Å². The monoisotopic (exact) mass is 377 g/mol. The Morgan fingerprint density at radius 3 is 2.39 bits per heavy atom. The highest BCUT2D eigenvalue weighted by atomic mass is 16.2. The van der Waals surface area contributed by atoms with Gasteiger partial charge in [0.05, 0.1) is 5.57 Å². The largest absolute Gasteiger partial charge is 0.404 e. The first-order valence-corrected chi connectivity index (χ1v) is 9.07. The Kier molecular flexibility index (Phi) is 6.54. The molecule has 0 aliphatic carbocycles. The van der Waals surface area contributed by atoms with Crippen molar-refractivity contribution in [3.05, 3.63) is 72.2 Å². The molecule has 0 radical (unpaired) electrons. The lowest BCUT2D eigenvalue weighted by atomic mass is 10.1. The highest BCUT2D eigenvalue weighted by molar-refractivity contribution is 6.17. The number of pyridine rings is 1. The van der Waals surface area contributed by atoms with Crippen molar-refractivity contribution in [2.24, 2.45) is 5.73 Å². The molecule has 144 valence electrons. The molecule has 1 aromatic heterocycles. The molecular formula is C21H23N5O2. The van der Waals surface area contributed by atoms with Crippen LogP contribution in [0.3, 0.4) is 0 Å². The molecule has 0 atom stereocenters. The molecule has 0 saturated carbocycles. The Labute approximate surface area is 163 Å². The van der Waals surface area contributed by atoms with Crippen LogP contribution < -0.4 is 21.3 Å². The molecule has 2 heterocycles. The average Bonchev–Trinajstić information content (AvgIpc) is 2.76. The van der Waals surface area contributed by atoms with Crippen LogP contribution in [0.15, 0.2) is 66.6 Å². The minimum absolute atomic E-state index is 0.0142. The number of benzene rings is 1. The van der Waals surface area contributed by atoms with Crippen molar-refractivity contribution in [3.63, 3.8) is 0 Å². The van der Waals surface area contributed by atoms with E-state index in [-0.39, 0.29) is 5.57 Å². The SMILES string of the molecule is N/C=C(\C=C(/C=O)C(=O)Nc1ccc(N2CCNCC2)cc1)c1ccncc1. The van der Waals surface area contributed by atoms with Gasteiger partial charge in [0.1, 0.15) is 0 Å². The Morgan fingerprint density at radius 2 is 1.79 bits per heavy atom. The number of nitrogens with one attached hydrogen (secondary N) is 2. The van der Waals surface area contributed by atoms with E-state index >= 15 is 0 Å². The number of aldehydes is 1. The molecule has 1 aliphatic heterocycles. The van der Waals surface area contributed by atoms with Crippen molar-refractivity contribution in [2.75, 3.05) is 36.4 Å². The van der Waals surface area contributed by atoms with E-state index < -0.39 is 5.91 Å². The summed E-state index contributed by atoms with van der Waals surface area (Å²) in [4.78, 5) is 30.2. The van der Waals surface area contributed by atoms with Crippen molar-refractivity contribution in [3.8, 4) is 0 Å². The van der Waals surface area contributed by atoms with Gasteiger partial charge in [0.2, 0.25) is 0 Å².